The molecule has 1 aliphatic rings. The third kappa shape index (κ3) is 3.10. The summed E-state index contributed by atoms with van der Waals surface area (Å²) >= 11 is 0. The minimum atomic E-state index is -0.248. The zero-order chi connectivity index (χ0) is 13.0. The van der Waals surface area contributed by atoms with Crippen molar-refractivity contribution in [3.8, 4) is 0 Å². The van der Waals surface area contributed by atoms with Gasteiger partial charge in [-0.05, 0) is 37.3 Å². The van der Waals surface area contributed by atoms with Crippen molar-refractivity contribution in [1.29, 1.82) is 0 Å². The highest BCUT2D eigenvalue weighted by atomic mass is 16.5. The van der Waals surface area contributed by atoms with Gasteiger partial charge in [0.15, 0.2) is 0 Å². The van der Waals surface area contributed by atoms with Crippen LogP contribution < -0.4 is 5.32 Å². The molecule has 98 valence electrons. The topological polar surface area (TPSA) is 38.3 Å². The maximum absolute atomic E-state index is 11.9. The number of ether oxygens (including phenoxy) is 1. The van der Waals surface area contributed by atoms with Crippen LogP contribution in [-0.4, -0.2) is 18.6 Å². The molecule has 1 heterocycles. The van der Waals surface area contributed by atoms with Gasteiger partial charge in [0.25, 0.3) is 0 Å². The van der Waals surface area contributed by atoms with Gasteiger partial charge >= 0.3 is 0 Å². The van der Waals surface area contributed by atoms with Crippen LogP contribution in [0.15, 0.2) is 24.3 Å². The third-order valence-electron chi connectivity index (χ3n) is 3.47. The van der Waals surface area contributed by atoms with Gasteiger partial charge in [-0.2, -0.15) is 0 Å². The molecule has 0 unspecified atom stereocenters. The molecule has 2 atom stereocenters. The molecule has 3 nitrogen and oxygen atoms in total. The molecule has 0 aliphatic carbocycles. The highest BCUT2D eigenvalue weighted by Crippen LogP contribution is 2.16. The lowest BCUT2D eigenvalue weighted by Gasteiger charge is -2.17. The number of hydrogen-bond donors (Lipinski definition) is 1. The van der Waals surface area contributed by atoms with E-state index in [1.807, 2.05) is 6.92 Å². The average molecular weight is 247 g/mol. The Balaban J connectivity index is 1.93. The van der Waals surface area contributed by atoms with Crippen molar-refractivity contribution < 1.29 is 9.53 Å². The van der Waals surface area contributed by atoms with E-state index in [4.69, 9.17) is 4.74 Å². The first-order valence-electron chi connectivity index (χ1n) is 6.71. The van der Waals surface area contributed by atoms with E-state index in [0.717, 1.165) is 24.8 Å². The summed E-state index contributed by atoms with van der Waals surface area (Å²) in [5, 5.41) is 3.01. The van der Waals surface area contributed by atoms with Gasteiger partial charge in [-0.15, -0.1) is 0 Å². The Kier molecular flexibility index (Phi) is 4.37. The molecule has 3 heteroatoms. The van der Waals surface area contributed by atoms with E-state index < -0.39 is 0 Å². The van der Waals surface area contributed by atoms with Crippen molar-refractivity contribution in [3.63, 3.8) is 0 Å². The summed E-state index contributed by atoms with van der Waals surface area (Å²) in [5.41, 5.74) is 2.45. The van der Waals surface area contributed by atoms with Crippen LogP contribution in [0.4, 0.5) is 0 Å². The third-order valence-corrected chi connectivity index (χ3v) is 3.47. The second-order valence-electron chi connectivity index (χ2n) is 4.83. The van der Waals surface area contributed by atoms with Crippen LogP contribution in [0.3, 0.4) is 0 Å². The summed E-state index contributed by atoms with van der Waals surface area (Å²) in [5.74, 6) is 0.0135. The fourth-order valence-corrected chi connectivity index (χ4v) is 2.22. The van der Waals surface area contributed by atoms with E-state index in [0.29, 0.717) is 6.61 Å². The molecule has 1 N–H and O–H groups in total. The Labute approximate surface area is 109 Å². The van der Waals surface area contributed by atoms with Crippen LogP contribution >= 0.6 is 0 Å². The summed E-state index contributed by atoms with van der Waals surface area (Å²) < 4.78 is 5.38. The van der Waals surface area contributed by atoms with E-state index in [2.05, 4.69) is 36.5 Å². The number of nitrogens with one attached hydrogen (secondary N) is 1. The zero-order valence-electron chi connectivity index (χ0n) is 11.1. The van der Waals surface area contributed by atoms with E-state index in [9.17, 15) is 4.79 Å². The molecule has 1 aromatic rings. The lowest BCUT2D eigenvalue weighted by Crippen LogP contribution is -2.35. The molecule has 1 fully saturated rings. The second kappa shape index (κ2) is 6.01. The van der Waals surface area contributed by atoms with Crippen molar-refractivity contribution >= 4 is 5.91 Å². The Morgan fingerprint density at radius 1 is 1.44 bits per heavy atom. The SMILES string of the molecule is CCc1ccc([C@@H](C)NC(=O)[C@H]2CCCO2)cc1. The fourth-order valence-electron chi connectivity index (χ4n) is 2.22. The van der Waals surface area contributed by atoms with Crippen molar-refractivity contribution in [2.45, 2.75) is 45.3 Å². The number of aryl methyl sites for hydroxylation is 1. The number of amides is 1. The standard InChI is InChI=1S/C15H21NO2/c1-3-12-6-8-13(9-7-12)11(2)16-15(17)14-5-4-10-18-14/h6-9,11,14H,3-5,10H2,1-2H3,(H,16,17)/t11-,14-/m1/s1. The van der Waals surface area contributed by atoms with Crippen LogP contribution in [0.25, 0.3) is 0 Å². The molecule has 0 spiro atoms. The zero-order valence-corrected chi connectivity index (χ0v) is 11.1. The molecule has 0 aromatic heterocycles. The Morgan fingerprint density at radius 3 is 2.72 bits per heavy atom. The summed E-state index contributed by atoms with van der Waals surface area (Å²) in [6.45, 7) is 4.85. The normalized spacial score (nSPS) is 20.7. The molecule has 0 radical (unpaired) electrons. The summed E-state index contributed by atoms with van der Waals surface area (Å²) in [7, 11) is 0. The van der Waals surface area contributed by atoms with Crippen LogP contribution in [0.5, 0.6) is 0 Å². The van der Waals surface area contributed by atoms with Crippen molar-refractivity contribution in [2.75, 3.05) is 6.61 Å². The Morgan fingerprint density at radius 2 is 2.17 bits per heavy atom. The molecule has 0 saturated carbocycles. The fraction of sp³-hybridized carbons (Fsp3) is 0.533. The number of carbonyl (C=O) groups excluding carboxylic acids is 1. The molecular weight excluding hydrogens is 226 g/mol. The molecule has 2 rings (SSSR count). The quantitative estimate of drug-likeness (QED) is 0.888. The number of carbonyl (C=O) groups is 1. The largest absolute Gasteiger partial charge is 0.368 e. The van der Waals surface area contributed by atoms with E-state index >= 15 is 0 Å². The lowest BCUT2D eigenvalue weighted by atomic mass is 10.0. The average Bonchev–Trinajstić information content (AvgIpc) is 2.92. The van der Waals surface area contributed by atoms with Gasteiger partial charge in [0.1, 0.15) is 6.10 Å². The number of rotatable bonds is 4. The van der Waals surface area contributed by atoms with Gasteiger partial charge in [0.2, 0.25) is 5.91 Å². The predicted molar refractivity (Wildman–Crippen MR) is 71.4 cm³/mol. The number of benzene rings is 1. The lowest BCUT2D eigenvalue weighted by molar-refractivity contribution is -0.130. The first kappa shape index (κ1) is 13.1. The molecule has 1 saturated heterocycles. The highest BCUT2D eigenvalue weighted by molar-refractivity contribution is 5.81. The minimum Gasteiger partial charge on any atom is -0.368 e. The van der Waals surface area contributed by atoms with Crippen LogP contribution in [-0.2, 0) is 16.0 Å². The smallest absolute Gasteiger partial charge is 0.249 e. The Bertz CT molecular complexity index is 393. The van der Waals surface area contributed by atoms with Gasteiger partial charge in [0, 0.05) is 6.61 Å². The highest BCUT2D eigenvalue weighted by Gasteiger charge is 2.24. The number of hydrogen-bond acceptors (Lipinski definition) is 2. The molecule has 1 amide bonds. The predicted octanol–water partition coefficient (Wildman–Crippen LogP) is 2.61. The molecule has 1 aromatic carbocycles. The Hall–Kier alpha value is -1.35. The van der Waals surface area contributed by atoms with E-state index in [-0.39, 0.29) is 18.1 Å². The van der Waals surface area contributed by atoms with Crippen molar-refractivity contribution in [3.05, 3.63) is 35.4 Å². The van der Waals surface area contributed by atoms with Gasteiger partial charge in [0.05, 0.1) is 6.04 Å². The van der Waals surface area contributed by atoms with Gasteiger partial charge in [-0.3, -0.25) is 4.79 Å². The van der Waals surface area contributed by atoms with E-state index in [1.165, 1.54) is 5.56 Å². The van der Waals surface area contributed by atoms with Crippen LogP contribution in [0.2, 0.25) is 0 Å². The van der Waals surface area contributed by atoms with Crippen LogP contribution in [0, 0.1) is 0 Å². The molecule has 0 bridgehead atoms. The van der Waals surface area contributed by atoms with Crippen LogP contribution in [0.1, 0.15) is 43.9 Å². The monoisotopic (exact) mass is 247 g/mol. The summed E-state index contributed by atoms with van der Waals surface area (Å²) in [4.78, 5) is 11.9. The van der Waals surface area contributed by atoms with Gasteiger partial charge < -0.3 is 10.1 Å². The second-order valence-corrected chi connectivity index (χ2v) is 4.83. The van der Waals surface area contributed by atoms with Crippen molar-refractivity contribution in [1.82, 2.24) is 5.32 Å². The maximum atomic E-state index is 11.9. The van der Waals surface area contributed by atoms with E-state index in [1.54, 1.807) is 0 Å². The summed E-state index contributed by atoms with van der Waals surface area (Å²) in [6.07, 6.45) is 2.62. The molecule has 1 aliphatic heterocycles. The first-order chi connectivity index (χ1) is 8.70. The van der Waals surface area contributed by atoms with Gasteiger partial charge in [-0.1, -0.05) is 31.2 Å². The maximum Gasteiger partial charge on any atom is 0.249 e. The first-order valence-corrected chi connectivity index (χ1v) is 6.71. The molecular formula is C15H21NO2. The van der Waals surface area contributed by atoms with Crippen molar-refractivity contribution in [2.24, 2.45) is 0 Å². The van der Waals surface area contributed by atoms with Gasteiger partial charge in [-0.25, -0.2) is 0 Å². The molecule has 18 heavy (non-hydrogen) atoms. The summed E-state index contributed by atoms with van der Waals surface area (Å²) in [6, 6.07) is 8.43. The minimum absolute atomic E-state index is 0.0135.